The van der Waals surface area contributed by atoms with Crippen LogP contribution in [0.4, 0.5) is 5.69 Å². The second-order valence-corrected chi connectivity index (χ2v) is 5.63. The van der Waals surface area contributed by atoms with Gasteiger partial charge in [0.2, 0.25) is 5.91 Å². The van der Waals surface area contributed by atoms with Crippen LogP contribution in [0.15, 0.2) is 53.0 Å². The lowest BCUT2D eigenvalue weighted by atomic mass is 10.1. The number of hydrogen-bond donors (Lipinski definition) is 2. The average molecular weight is 333 g/mol. The molecule has 0 heterocycles. The Morgan fingerprint density at radius 1 is 1.20 bits per heavy atom. The van der Waals surface area contributed by atoms with Gasteiger partial charge < -0.3 is 11.1 Å². The Balaban J connectivity index is 2.17. The predicted molar refractivity (Wildman–Crippen MR) is 85.5 cm³/mol. The third-order valence-electron chi connectivity index (χ3n) is 3.12. The Labute approximate surface area is 127 Å². The van der Waals surface area contributed by atoms with Crippen molar-refractivity contribution in [3.8, 4) is 0 Å². The van der Waals surface area contributed by atoms with Crippen molar-refractivity contribution in [1.82, 2.24) is 0 Å². The van der Waals surface area contributed by atoms with E-state index in [9.17, 15) is 4.79 Å². The molecule has 0 radical (unpaired) electrons. The Kier molecular flexibility index (Phi) is 4.79. The normalized spacial score (nSPS) is 11.9. The van der Waals surface area contributed by atoms with E-state index >= 15 is 0 Å². The number of nitrogens with two attached hydrogens (primary N) is 1. The predicted octanol–water partition coefficient (Wildman–Crippen LogP) is 3.65. The van der Waals surface area contributed by atoms with Gasteiger partial charge in [-0.3, -0.25) is 4.79 Å². The first-order valence-corrected chi connectivity index (χ1v) is 7.24. The zero-order valence-electron chi connectivity index (χ0n) is 11.3. The summed E-state index contributed by atoms with van der Waals surface area (Å²) in [6.45, 7) is 2.09. The summed E-state index contributed by atoms with van der Waals surface area (Å²) in [5, 5.41) is 3.43. The monoisotopic (exact) mass is 332 g/mol. The number of para-hydroxylation sites is 1. The maximum absolute atomic E-state index is 11.1. The highest BCUT2D eigenvalue weighted by Gasteiger charge is 2.09. The third kappa shape index (κ3) is 3.84. The first kappa shape index (κ1) is 14.6. The lowest BCUT2D eigenvalue weighted by Gasteiger charge is -2.18. The van der Waals surface area contributed by atoms with Gasteiger partial charge in [0, 0.05) is 16.2 Å². The van der Waals surface area contributed by atoms with E-state index in [-0.39, 0.29) is 18.4 Å². The zero-order valence-corrected chi connectivity index (χ0v) is 12.9. The molecule has 0 fully saturated rings. The van der Waals surface area contributed by atoms with Gasteiger partial charge in [0.25, 0.3) is 0 Å². The van der Waals surface area contributed by atoms with Crippen LogP contribution in [-0.2, 0) is 11.2 Å². The van der Waals surface area contributed by atoms with E-state index in [1.54, 1.807) is 0 Å². The summed E-state index contributed by atoms with van der Waals surface area (Å²) in [6.07, 6.45) is 0.246. The smallest absolute Gasteiger partial charge is 0.221 e. The molecule has 0 saturated carbocycles. The highest BCUT2D eigenvalue weighted by molar-refractivity contribution is 9.10. The minimum Gasteiger partial charge on any atom is -0.378 e. The molecule has 1 atom stereocenters. The summed E-state index contributed by atoms with van der Waals surface area (Å²) in [5.41, 5.74) is 8.33. The fourth-order valence-electron chi connectivity index (χ4n) is 2.07. The van der Waals surface area contributed by atoms with Crippen LogP contribution in [0.1, 0.15) is 24.1 Å². The number of rotatable bonds is 5. The molecule has 0 bridgehead atoms. The van der Waals surface area contributed by atoms with Crippen molar-refractivity contribution < 1.29 is 4.79 Å². The van der Waals surface area contributed by atoms with Crippen LogP contribution in [0.2, 0.25) is 0 Å². The molecular formula is C16H17BrN2O. The van der Waals surface area contributed by atoms with Crippen LogP contribution >= 0.6 is 15.9 Å². The standard InChI is InChI=1S/C16H17BrN2O/c1-11(12-6-8-14(17)9-7-12)19-15-5-3-2-4-13(15)10-16(18)20/h2-9,11,19H,10H2,1H3,(H2,18,20). The number of halogens is 1. The molecule has 1 amide bonds. The molecule has 0 aliphatic heterocycles. The van der Waals surface area contributed by atoms with Crippen LogP contribution in [-0.4, -0.2) is 5.91 Å². The molecule has 3 nitrogen and oxygen atoms in total. The minimum absolute atomic E-state index is 0.150. The van der Waals surface area contributed by atoms with Crippen LogP contribution in [0.3, 0.4) is 0 Å². The summed E-state index contributed by atoms with van der Waals surface area (Å²) < 4.78 is 1.06. The van der Waals surface area contributed by atoms with E-state index in [1.165, 1.54) is 5.56 Å². The molecule has 0 aromatic heterocycles. The molecule has 2 aromatic rings. The van der Waals surface area contributed by atoms with E-state index in [2.05, 4.69) is 40.3 Å². The first-order chi connectivity index (χ1) is 9.56. The molecule has 1 unspecified atom stereocenters. The number of carbonyl (C=O) groups is 1. The van der Waals surface area contributed by atoms with Gasteiger partial charge in [0.05, 0.1) is 6.42 Å². The van der Waals surface area contributed by atoms with Crippen molar-refractivity contribution in [2.75, 3.05) is 5.32 Å². The lowest BCUT2D eigenvalue weighted by molar-refractivity contribution is -0.117. The average Bonchev–Trinajstić information content (AvgIpc) is 2.41. The molecule has 0 aliphatic carbocycles. The molecule has 2 rings (SSSR count). The summed E-state index contributed by atoms with van der Waals surface area (Å²) in [6, 6.07) is 16.1. The van der Waals surface area contributed by atoms with Crippen molar-refractivity contribution in [1.29, 1.82) is 0 Å². The summed E-state index contributed by atoms with van der Waals surface area (Å²) >= 11 is 3.43. The van der Waals surface area contributed by atoms with Crippen molar-refractivity contribution in [3.63, 3.8) is 0 Å². The summed E-state index contributed by atoms with van der Waals surface area (Å²) in [5.74, 6) is -0.324. The Bertz CT molecular complexity index is 596. The zero-order chi connectivity index (χ0) is 14.5. The summed E-state index contributed by atoms with van der Waals surface area (Å²) in [4.78, 5) is 11.1. The third-order valence-corrected chi connectivity index (χ3v) is 3.65. The topological polar surface area (TPSA) is 55.1 Å². The van der Waals surface area contributed by atoms with Gasteiger partial charge in [0.15, 0.2) is 0 Å². The summed E-state index contributed by atoms with van der Waals surface area (Å²) in [7, 11) is 0. The number of hydrogen-bond acceptors (Lipinski definition) is 2. The molecule has 0 saturated heterocycles. The van der Waals surface area contributed by atoms with E-state index < -0.39 is 0 Å². The highest BCUT2D eigenvalue weighted by Crippen LogP contribution is 2.23. The van der Waals surface area contributed by atoms with Crippen molar-refractivity contribution in [3.05, 3.63) is 64.1 Å². The Morgan fingerprint density at radius 3 is 2.50 bits per heavy atom. The Hall–Kier alpha value is -1.81. The molecule has 0 spiro atoms. The Morgan fingerprint density at radius 2 is 1.85 bits per heavy atom. The van der Waals surface area contributed by atoms with Crippen LogP contribution in [0, 0.1) is 0 Å². The fourth-order valence-corrected chi connectivity index (χ4v) is 2.34. The number of carbonyl (C=O) groups excluding carboxylic acids is 1. The van der Waals surface area contributed by atoms with Gasteiger partial charge in [-0.25, -0.2) is 0 Å². The maximum atomic E-state index is 11.1. The van der Waals surface area contributed by atoms with Gasteiger partial charge in [-0.15, -0.1) is 0 Å². The molecule has 2 aromatic carbocycles. The van der Waals surface area contributed by atoms with Crippen LogP contribution in [0.5, 0.6) is 0 Å². The second kappa shape index (κ2) is 6.57. The van der Waals surface area contributed by atoms with Gasteiger partial charge in [-0.1, -0.05) is 46.3 Å². The van der Waals surface area contributed by atoms with Crippen LogP contribution in [0.25, 0.3) is 0 Å². The number of amides is 1. The molecular weight excluding hydrogens is 316 g/mol. The number of benzene rings is 2. The van der Waals surface area contributed by atoms with Crippen molar-refractivity contribution >= 4 is 27.5 Å². The fraction of sp³-hybridized carbons (Fsp3) is 0.188. The SMILES string of the molecule is CC(Nc1ccccc1CC(N)=O)c1ccc(Br)cc1. The largest absolute Gasteiger partial charge is 0.378 e. The van der Waals surface area contributed by atoms with Crippen molar-refractivity contribution in [2.45, 2.75) is 19.4 Å². The van der Waals surface area contributed by atoms with E-state index in [1.807, 2.05) is 36.4 Å². The van der Waals surface area contributed by atoms with Gasteiger partial charge >= 0.3 is 0 Å². The second-order valence-electron chi connectivity index (χ2n) is 4.72. The van der Waals surface area contributed by atoms with E-state index in [0.29, 0.717) is 0 Å². The molecule has 104 valence electrons. The molecule has 4 heteroatoms. The molecule has 20 heavy (non-hydrogen) atoms. The van der Waals surface area contributed by atoms with E-state index in [0.717, 1.165) is 15.7 Å². The van der Waals surface area contributed by atoms with Crippen LogP contribution < -0.4 is 11.1 Å². The minimum atomic E-state index is -0.324. The lowest BCUT2D eigenvalue weighted by Crippen LogP contribution is -2.16. The molecule has 0 aliphatic rings. The highest BCUT2D eigenvalue weighted by atomic mass is 79.9. The number of primary amides is 1. The quantitative estimate of drug-likeness (QED) is 0.877. The molecule has 3 N–H and O–H groups in total. The number of anilines is 1. The van der Waals surface area contributed by atoms with Gasteiger partial charge in [0.1, 0.15) is 0 Å². The number of nitrogens with one attached hydrogen (secondary N) is 1. The van der Waals surface area contributed by atoms with E-state index in [4.69, 9.17) is 5.73 Å². The van der Waals surface area contributed by atoms with Gasteiger partial charge in [-0.05, 0) is 36.2 Å². The maximum Gasteiger partial charge on any atom is 0.221 e. The first-order valence-electron chi connectivity index (χ1n) is 6.44. The van der Waals surface area contributed by atoms with Crippen molar-refractivity contribution in [2.24, 2.45) is 5.73 Å². The van der Waals surface area contributed by atoms with Gasteiger partial charge in [-0.2, -0.15) is 0 Å².